The number of aliphatic hydroxyl groups is 4. The van der Waals surface area contributed by atoms with Crippen molar-refractivity contribution in [2.24, 2.45) is 0 Å². The van der Waals surface area contributed by atoms with Crippen molar-refractivity contribution >= 4 is 5.91 Å². The molecule has 340 valence electrons. The van der Waals surface area contributed by atoms with Crippen LogP contribution in [-0.2, 0) is 4.79 Å². The lowest BCUT2D eigenvalue weighted by Crippen LogP contribution is -2.53. The summed E-state index contributed by atoms with van der Waals surface area (Å²) < 4.78 is 0. The first-order valence-corrected chi connectivity index (χ1v) is 25.6. The summed E-state index contributed by atoms with van der Waals surface area (Å²) in [6, 6.07) is -0.996. The summed E-state index contributed by atoms with van der Waals surface area (Å²) in [5.74, 6) is -0.590. The van der Waals surface area contributed by atoms with Gasteiger partial charge >= 0.3 is 0 Å². The number of carbonyl (C=O) groups excluding carboxylic acids is 1. The van der Waals surface area contributed by atoms with Gasteiger partial charge in [-0.1, -0.05) is 251 Å². The van der Waals surface area contributed by atoms with Crippen LogP contribution in [0.4, 0.5) is 0 Å². The van der Waals surface area contributed by atoms with Gasteiger partial charge in [0.1, 0.15) is 12.2 Å². The summed E-state index contributed by atoms with van der Waals surface area (Å²) >= 11 is 0. The first kappa shape index (κ1) is 56.0. The molecule has 0 aromatic heterocycles. The van der Waals surface area contributed by atoms with E-state index in [9.17, 15) is 25.2 Å². The maximum absolute atomic E-state index is 12.5. The van der Waals surface area contributed by atoms with Crippen molar-refractivity contribution in [3.8, 4) is 0 Å². The Morgan fingerprint density at radius 1 is 0.421 bits per heavy atom. The van der Waals surface area contributed by atoms with Crippen LogP contribution >= 0.6 is 0 Å². The quantitative estimate of drug-likeness (QED) is 0.0311. The largest absolute Gasteiger partial charge is 0.394 e. The minimum absolute atomic E-state index is 0.368. The fraction of sp³-hybridized carbons (Fsp3) is 0.941. The highest BCUT2D eigenvalue weighted by molar-refractivity contribution is 5.80. The number of hydrogen-bond donors (Lipinski definition) is 5. The van der Waals surface area contributed by atoms with Gasteiger partial charge in [-0.25, -0.2) is 0 Å². The molecule has 4 unspecified atom stereocenters. The van der Waals surface area contributed by atoms with Gasteiger partial charge in [0.25, 0.3) is 0 Å². The zero-order chi connectivity index (χ0) is 41.7. The molecule has 0 spiro atoms. The predicted molar refractivity (Wildman–Crippen MR) is 247 cm³/mol. The van der Waals surface area contributed by atoms with E-state index in [-0.39, 0.29) is 0 Å². The van der Waals surface area contributed by atoms with Crippen molar-refractivity contribution < 1.29 is 25.2 Å². The van der Waals surface area contributed by atoms with Crippen molar-refractivity contribution in [1.82, 2.24) is 5.32 Å². The van der Waals surface area contributed by atoms with E-state index in [0.717, 1.165) is 38.5 Å². The van der Waals surface area contributed by atoms with Crippen LogP contribution in [-0.4, -0.2) is 57.3 Å². The van der Waals surface area contributed by atoms with E-state index in [1.54, 1.807) is 0 Å². The highest BCUT2D eigenvalue weighted by Gasteiger charge is 2.28. The van der Waals surface area contributed by atoms with Crippen LogP contribution in [0.25, 0.3) is 0 Å². The maximum atomic E-state index is 12.5. The molecule has 57 heavy (non-hydrogen) atoms. The van der Waals surface area contributed by atoms with E-state index in [2.05, 4.69) is 31.3 Å². The van der Waals surface area contributed by atoms with Crippen molar-refractivity contribution in [1.29, 1.82) is 0 Å². The van der Waals surface area contributed by atoms with E-state index in [0.29, 0.717) is 12.8 Å². The average molecular weight is 808 g/mol. The molecule has 0 radical (unpaired) electrons. The topological polar surface area (TPSA) is 110 Å². The molecular formula is C51H101NO5. The summed E-state index contributed by atoms with van der Waals surface area (Å²) in [4.78, 5) is 12.5. The fourth-order valence-electron chi connectivity index (χ4n) is 8.17. The summed E-state index contributed by atoms with van der Waals surface area (Å²) in [6.45, 7) is 4.04. The average Bonchev–Trinajstić information content (AvgIpc) is 3.22. The first-order chi connectivity index (χ1) is 28.0. The predicted octanol–water partition coefficient (Wildman–Crippen LogP) is 14.1. The van der Waals surface area contributed by atoms with E-state index in [4.69, 9.17) is 0 Å². The van der Waals surface area contributed by atoms with Crippen molar-refractivity contribution in [2.45, 2.75) is 301 Å². The minimum Gasteiger partial charge on any atom is -0.394 e. The van der Waals surface area contributed by atoms with Gasteiger partial charge in [0.05, 0.1) is 18.8 Å². The molecule has 1 amide bonds. The van der Waals surface area contributed by atoms with Gasteiger partial charge in [-0.15, -0.1) is 0 Å². The first-order valence-electron chi connectivity index (χ1n) is 25.6. The Balaban J connectivity index is 3.54. The van der Waals surface area contributed by atoms with Crippen LogP contribution < -0.4 is 5.32 Å². The molecule has 0 heterocycles. The third-order valence-electron chi connectivity index (χ3n) is 12.2. The number of rotatable bonds is 47. The van der Waals surface area contributed by atoms with Crippen LogP contribution in [0.1, 0.15) is 277 Å². The van der Waals surface area contributed by atoms with E-state index in [1.807, 2.05) is 0 Å². The van der Waals surface area contributed by atoms with Crippen LogP contribution in [0.15, 0.2) is 12.2 Å². The Labute approximate surface area is 355 Å². The molecule has 0 aliphatic rings. The fourth-order valence-corrected chi connectivity index (χ4v) is 8.17. The normalized spacial score (nSPS) is 14.0. The molecule has 0 fully saturated rings. The van der Waals surface area contributed by atoms with Gasteiger partial charge in [0.2, 0.25) is 5.91 Å². The highest BCUT2D eigenvalue weighted by Crippen LogP contribution is 2.18. The molecule has 5 N–H and O–H groups in total. The lowest BCUT2D eigenvalue weighted by molar-refractivity contribution is -0.132. The second-order valence-corrected chi connectivity index (χ2v) is 17.9. The number of unbranched alkanes of at least 4 members (excludes halogenated alkanes) is 36. The molecule has 0 aliphatic heterocycles. The summed E-state index contributed by atoms with van der Waals surface area (Å²) in [5, 5.41) is 43.6. The number of allylic oxidation sites excluding steroid dienone is 2. The summed E-state index contributed by atoms with van der Waals surface area (Å²) in [5.41, 5.74) is 0. The lowest BCUT2D eigenvalue weighted by Gasteiger charge is -2.27. The van der Waals surface area contributed by atoms with Crippen LogP contribution in [0.2, 0.25) is 0 Å². The van der Waals surface area contributed by atoms with Crippen LogP contribution in [0.5, 0.6) is 0 Å². The number of hydrogen-bond acceptors (Lipinski definition) is 5. The Morgan fingerprint density at radius 3 is 1.05 bits per heavy atom. The second-order valence-electron chi connectivity index (χ2n) is 17.9. The number of nitrogens with one attached hydrogen (secondary N) is 1. The van der Waals surface area contributed by atoms with Gasteiger partial charge in [-0.2, -0.15) is 0 Å². The monoisotopic (exact) mass is 808 g/mol. The molecule has 6 heteroatoms. The Bertz CT molecular complexity index is 821. The van der Waals surface area contributed by atoms with E-state index in [1.165, 1.54) is 212 Å². The van der Waals surface area contributed by atoms with E-state index >= 15 is 0 Å². The third-order valence-corrected chi connectivity index (χ3v) is 12.2. The van der Waals surface area contributed by atoms with Gasteiger partial charge in [0, 0.05) is 0 Å². The second kappa shape index (κ2) is 46.1. The van der Waals surface area contributed by atoms with Crippen molar-refractivity contribution in [2.75, 3.05) is 6.61 Å². The molecule has 0 saturated heterocycles. The van der Waals surface area contributed by atoms with Gasteiger partial charge in [-0.3, -0.25) is 4.79 Å². The van der Waals surface area contributed by atoms with E-state index < -0.39 is 36.9 Å². The van der Waals surface area contributed by atoms with Gasteiger partial charge in [-0.05, 0) is 38.5 Å². The molecule has 4 atom stereocenters. The number of aliphatic hydroxyl groups excluding tert-OH is 4. The smallest absolute Gasteiger partial charge is 0.249 e. The van der Waals surface area contributed by atoms with Crippen LogP contribution in [0, 0.1) is 0 Å². The molecule has 0 bridgehead atoms. The zero-order valence-corrected chi connectivity index (χ0v) is 38.4. The molecule has 0 rings (SSSR count). The number of carbonyl (C=O) groups is 1. The Morgan fingerprint density at radius 2 is 0.719 bits per heavy atom. The summed E-state index contributed by atoms with van der Waals surface area (Å²) in [7, 11) is 0. The molecule has 0 aromatic carbocycles. The molecular weight excluding hydrogens is 707 g/mol. The van der Waals surface area contributed by atoms with Crippen LogP contribution in [0.3, 0.4) is 0 Å². The zero-order valence-electron chi connectivity index (χ0n) is 38.4. The highest BCUT2D eigenvalue weighted by atomic mass is 16.3. The third kappa shape index (κ3) is 40.2. The molecule has 0 aliphatic carbocycles. The maximum Gasteiger partial charge on any atom is 0.249 e. The molecule has 0 saturated carbocycles. The van der Waals surface area contributed by atoms with Crippen molar-refractivity contribution in [3.05, 3.63) is 12.2 Å². The minimum atomic E-state index is -1.28. The van der Waals surface area contributed by atoms with Crippen molar-refractivity contribution in [3.63, 3.8) is 0 Å². The lowest BCUT2D eigenvalue weighted by atomic mass is 10.00. The SMILES string of the molecule is CCCCCCCC/C=C/CCCC(O)C(O)C(CO)NC(=O)C(O)CCCCCCCCCCCCCCCCCCCCCCCCCCCCCCCC. The number of amides is 1. The molecule has 0 aromatic rings. The Kier molecular flexibility index (Phi) is 45.4. The molecule has 6 nitrogen and oxygen atoms in total. The Hall–Kier alpha value is -0.950. The summed E-state index contributed by atoms with van der Waals surface area (Å²) in [6.07, 6.45) is 52.9. The van der Waals surface area contributed by atoms with Gasteiger partial charge < -0.3 is 25.7 Å². The standard InChI is InChI=1S/C51H101NO5/c1-3-5-7-9-11-13-15-16-17-18-19-20-21-22-23-24-25-26-27-28-29-30-31-32-33-35-37-39-41-43-45-49(55)51(57)52-47(46-53)50(56)48(54)44-42-40-38-36-34-14-12-10-8-6-4-2/h36,38,47-50,53-56H,3-35,37,39-46H2,1-2H3,(H,52,57)/b38-36+. The van der Waals surface area contributed by atoms with Gasteiger partial charge in [0.15, 0.2) is 0 Å².